The lowest BCUT2D eigenvalue weighted by atomic mass is 9.85. The van der Waals surface area contributed by atoms with Crippen LogP contribution in [0.1, 0.15) is 70.1 Å². The highest BCUT2D eigenvalue weighted by Gasteiger charge is 2.28. The van der Waals surface area contributed by atoms with Crippen molar-refractivity contribution in [3.05, 3.63) is 77.0 Å². The largest absolute Gasteiger partial charge is 0.456 e. The van der Waals surface area contributed by atoms with Gasteiger partial charge in [-0.2, -0.15) is 0 Å². The van der Waals surface area contributed by atoms with Crippen molar-refractivity contribution in [2.75, 3.05) is 0 Å². The lowest BCUT2D eigenvalue weighted by molar-refractivity contribution is 0.411. The molecule has 0 bridgehead atoms. The number of pyridine rings is 1. The van der Waals surface area contributed by atoms with Gasteiger partial charge in [0.2, 0.25) is 0 Å². The zero-order chi connectivity index (χ0) is 27.1. The van der Waals surface area contributed by atoms with Crippen LogP contribution in [0.4, 0.5) is 0 Å². The van der Waals surface area contributed by atoms with Crippen molar-refractivity contribution >= 4 is 32.3 Å². The van der Waals surface area contributed by atoms with Gasteiger partial charge in [-0.05, 0) is 99.8 Å². The van der Waals surface area contributed by atoms with Gasteiger partial charge in [-0.15, -0.1) is 0 Å². The molecule has 5 aromatic rings. The summed E-state index contributed by atoms with van der Waals surface area (Å²) in [5, 5.41) is 6.97. The van der Waals surface area contributed by atoms with Crippen LogP contribution < -0.4 is 4.74 Å². The van der Waals surface area contributed by atoms with Crippen molar-refractivity contribution < 1.29 is 6.11 Å². The van der Waals surface area contributed by atoms with E-state index in [-0.39, 0.29) is 5.41 Å². The Hall–Kier alpha value is -3.39. The zero-order valence-electron chi connectivity index (χ0n) is 24.3. The van der Waals surface area contributed by atoms with Gasteiger partial charge in [-0.25, -0.2) is 0 Å². The van der Waals surface area contributed by atoms with Crippen molar-refractivity contribution in [2.45, 2.75) is 73.1 Å². The zero-order valence-corrected chi connectivity index (χ0v) is 23.3. The van der Waals surface area contributed by atoms with E-state index in [9.17, 15) is 0 Å². The Bertz CT molecular complexity index is 1800. The Kier molecular flexibility index (Phi) is 5.09. The van der Waals surface area contributed by atoms with Gasteiger partial charge in [-0.3, -0.25) is 4.98 Å². The van der Waals surface area contributed by atoms with E-state index in [1.54, 1.807) is 0 Å². The van der Waals surface area contributed by atoms with E-state index in [0.717, 1.165) is 51.8 Å². The standard InChI is InChI=1S/C36H37NO/c1-21-14-25-18-31-34-33-28(12-13-37-34)27-11-10-24(20-36(3,4)5)16-26(27)19-32(33)38-35(31)30(29(25)15-22(21)2)17-23-8-6-7-9-23/h10-16,18-19,23H,6-9,17,20H2,1-5H3/i13D. The molecule has 7 rings (SSSR count). The second-order valence-corrected chi connectivity index (χ2v) is 13.0. The molecule has 192 valence electrons. The van der Waals surface area contributed by atoms with Gasteiger partial charge >= 0.3 is 0 Å². The lowest BCUT2D eigenvalue weighted by Crippen LogP contribution is -2.09. The number of rotatable bonds is 3. The monoisotopic (exact) mass is 500 g/mol. The molecule has 0 spiro atoms. The van der Waals surface area contributed by atoms with E-state index in [2.05, 4.69) is 77.1 Å². The van der Waals surface area contributed by atoms with Crippen molar-refractivity contribution in [2.24, 2.45) is 11.3 Å². The molecular weight excluding hydrogens is 462 g/mol. The first kappa shape index (κ1) is 22.6. The van der Waals surface area contributed by atoms with E-state index in [1.165, 1.54) is 64.1 Å². The third kappa shape index (κ3) is 3.88. The Morgan fingerprint density at radius 3 is 2.45 bits per heavy atom. The second-order valence-electron chi connectivity index (χ2n) is 13.0. The predicted molar refractivity (Wildman–Crippen MR) is 161 cm³/mol. The van der Waals surface area contributed by atoms with Crippen LogP contribution in [-0.2, 0) is 12.8 Å². The van der Waals surface area contributed by atoms with Crippen LogP contribution in [0.15, 0.2) is 54.7 Å². The molecule has 2 heteroatoms. The molecule has 2 aliphatic rings. The Labute approximate surface area is 227 Å². The summed E-state index contributed by atoms with van der Waals surface area (Å²) < 4.78 is 15.7. The smallest absolute Gasteiger partial charge is 0.140 e. The fraction of sp³-hybridized carbons (Fsp3) is 0.361. The quantitative estimate of drug-likeness (QED) is 0.225. The van der Waals surface area contributed by atoms with Crippen LogP contribution in [0.2, 0.25) is 0 Å². The van der Waals surface area contributed by atoms with Gasteiger partial charge in [0.1, 0.15) is 11.5 Å². The average Bonchev–Trinajstić information content (AvgIpc) is 3.38. The van der Waals surface area contributed by atoms with Gasteiger partial charge in [0.05, 0.1) is 12.5 Å². The van der Waals surface area contributed by atoms with Gasteiger partial charge in [0.25, 0.3) is 0 Å². The fourth-order valence-electron chi connectivity index (χ4n) is 6.90. The van der Waals surface area contributed by atoms with Crippen molar-refractivity contribution in [1.29, 1.82) is 0 Å². The Morgan fingerprint density at radius 2 is 1.66 bits per heavy atom. The second kappa shape index (κ2) is 8.56. The molecule has 38 heavy (non-hydrogen) atoms. The van der Waals surface area contributed by atoms with E-state index >= 15 is 0 Å². The first-order valence-corrected chi connectivity index (χ1v) is 14.3. The summed E-state index contributed by atoms with van der Waals surface area (Å²) in [7, 11) is 0. The molecule has 0 unspecified atom stereocenters. The van der Waals surface area contributed by atoms with Crippen LogP contribution in [0.3, 0.4) is 0 Å². The SMILES string of the molecule is [2H]c1cc2c3c(cc4cc(CC(C)(C)C)ccc42)Oc2c(cc4cc(C)c(C)cc4c2CC2CCCC2)-c3n1. The molecule has 0 saturated heterocycles. The summed E-state index contributed by atoms with van der Waals surface area (Å²) in [4.78, 5) is 4.85. The molecule has 1 aromatic heterocycles. The summed E-state index contributed by atoms with van der Waals surface area (Å²) in [6.07, 6.45) is 7.58. The topological polar surface area (TPSA) is 22.1 Å². The van der Waals surface area contributed by atoms with Crippen LogP contribution in [0.5, 0.6) is 11.5 Å². The number of nitrogens with zero attached hydrogens (tertiary/aromatic N) is 1. The Morgan fingerprint density at radius 1 is 0.895 bits per heavy atom. The predicted octanol–water partition coefficient (Wildman–Crippen LogP) is 10.3. The maximum atomic E-state index is 8.70. The summed E-state index contributed by atoms with van der Waals surface area (Å²) in [5.74, 6) is 2.52. The molecule has 2 nitrogen and oxygen atoms in total. The number of ether oxygens (including phenoxy) is 1. The van der Waals surface area contributed by atoms with Gasteiger partial charge < -0.3 is 4.74 Å². The number of benzene rings is 4. The van der Waals surface area contributed by atoms with Crippen LogP contribution in [0, 0.1) is 25.2 Å². The molecule has 0 atom stereocenters. The van der Waals surface area contributed by atoms with Crippen molar-refractivity contribution in [3.63, 3.8) is 0 Å². The molecule has 1 saturated carbocycles. The minimum Gasteiger partial charge on any atom is -0.456 e. The van der Waals surface area contributed by atoms with Gasteiger partial charge in [0, 0.05) is 17.3 Å². The molecule has 1 aliphatic heterocycles. The summed E-state index contributed by atoms with van der Waals surface area (Å²) in [6, 6.07) is 17.8. The Balaban J connectivity index is 1.51. The van der Waals surface area contributed by atoms with Crippen molar-refractivity contribution in [3.8, 4) is 22.8 Å². The van der Waals surface area contributed by atoms with Gasteiger partial charge in [-0.1, -0.05) is 76.8 Å². The summed E-state index contributed by atoms with van der Waals surface area (Å²) in [6.45, 7) is 11.2. The molecule has 1 aliphatic carbocycles. The van der Waals surface area contributed by atoms with Crippen LogP contribution in [-0.4, -0.2) is 4.98 Å². The maximum Gasteiger partial charge on any atom is 0.140 e. The lowest BCUT2D eigenvalue weighted by Gasteiger charge is -2.26. The van der Waals surface area contributed by atoms with Crippen LogP contribution in [0.25, 0.3) is 43.6 Å². The van der Waals surface area contributed by atoms with E-state index in [0.29, 0.717) is 12.1 Å². The number of aryl methyl sites for hydroxylation is 2. The first-order valence-electron chi connectivity index (χ1n) is 14.8. The molecule has 0 N–H and O–H groups in total. The third-order valence-electron chi connectivity index (χ3n) is 8.81. The van der Waals surface area contributed by atoms with E-state index in [4.69, 9.17) is 11.1 Å². The number of hydrogen-bond acceptors (Lipinski definition) is 2. The number of hydrogen-bond donors (Lipinski definition) is 0. The average molecular weight is 501 g/mol. The van der Waals surface area contributed by atoms with E-state index < -0.39 is 0 Å². The minimum absolute atomic E-state index is 0.215. The third-order valence-corrected chi connectivity index (χ3v) is 8.81. The molecular formula is C36H37NO. The summed E-state index contributed by atoms with van der Waals surface area (Å²) in [5.41, 5.74) is 7.41. The van der Waals surface area contributed by atoms with Crippen molar-refractivity contribution in [1.82, 2.24) is 4.98 Å². The fourth-order valence-corrected chi connectivity index (χ4v) is 6.90. The molecule has 2 heterocycles. The highest BCUT2D eigenvalue weighted by Crippen LogP contribution is 2.51. The molecule has 0 radical (unpaired) electrons. The molecule has 1 fully saturated rings. The molecule has 0 amide bonds. The highest BCUT2D eigenvalue weighted by atomic mass is 16.5. The first-order chi connectivity index (χ1) is 18.6. The normalized spacial score (nSPS) is 15.8. The van der Waals surface area contributed by atoms with Crippen LogP contribution >= 0.6 is 0 Å². The summed E-state index contributed by atoms with van der Waals surface area (Å²) >= 11 is 0. The maximum absolute atomic E-state index is 8.70. The minimum atomic E-state index is 0.215. The van der Waals surface area contributed by atoms with Gasteiger partial charge in [0.15, 0.2) is 0 Å². The molecule has 4 aromatic carbocycles. The number of fused-ring (bicyclic) bond motifs is 5. The highest BCUT2D eigenvalue weighted by molar-refractivity contribution is 6.16. The van der Waals surface area contributed by atoms with E-state index in [1.807, 2.05) is 6.07 Å². The number of aromatic nitrogens is 1.